The predicted molar refractivity (Wildman–Crippen MR) is 127 cm³/mol. The number of nitrogens with zero attached hydrogens (tertiary/aromatic N) is 6. The average molecular weight is 496 g/mol. The first kappa shape index (κ1) is 24.2. The van der Waals surface area contributed by atoms with Gasteiger partial charge in [0.1, 0.15) is 17.4 Å². The number of rotatable bonds is 7. The van der Waals surface area contributed by atoms with Gasteiger partial charge < -0.3 is 9.64 Å². The zero-order valence-electron chi connectivity index (χ0n) is 19.6. The van der Waals surface area contributed by atoms with Gasteiger partial charge in [0, 0.05) is 37.8 Å². The van der Waals surface area contributed by atoms with Crippen molar-refractivity contribution >= 4 is 21.9 Å². The highest BCUT2D eigenvalue weighted by Gasteiger charge is 2.28. The lowest BCUT2D eigenvalue weighted by Gasteiger charge is -2.17. The number of aryl methyl sites for hydroxylation is 3. The van der Waals surface area contributed by atoms with Crippen molar-refractivity contribution in [3.63, 3.8) is 0 Å². The highest BCUT2D eigenvalue weighted by Crippen LogP contribution is 2.30. The molecule has 3 heterocycles. The highest BCUT2D eigenvalue weighted by atomic mass is 32.2. The highest BCUT2D eigenvalue weighted by molar-refractivity contribution is 7.92. The largest absolute Gasteiger partial charge is 0.472 e. The van der Waals surface area contributed by atoms with Crippen molar-refractivity contribution in [2.24, 2.45) is 7.05 Å². The van der Waals surface area contributed by atoms with Gasteiger partial charge in [-0.1, -0.05) is 18.2 Å². The van der Waals surface area contributed by atoms with Crippen molar-refractivity contribution in [3.05, 3.63) is 47.8 Å². The van der Waals surface area contributed by atoms with Gasteiger partial charge in [-0.25, -0.2) is 18.1 Å². The van der Waals surface area contributed by atoms with Crippen LogP contribution in [0.2, 0.25) is 0 Å². The number of hydrogen-bond donors (Lipinski definition) is 1. The molecule has 3 aromatic rings. The quantitative estimate of drug-likeness (QED) is 0.525. The summed E-state index contributed by atoms with van der Waals surface area (Å²) < 4.78 is 35.6. The Morgan fingerprint density at radius 3 is 2.69 bits per heavy atom. The first-order chi connectivity index (χ1) is 16.7. The molecule has 1 atom stereocenters. The average Bonchev–Trinajstić information content (AvgIpc) is 3.43. The monoisotopic (exact) mass is 495 g/mol. The summed E-state index contributed by atoms with van der Waals surface area (Å²) in [6, 6.07) is 9.35. The first-order valence-electron chi connectivity index (χ1n) is 10.9. The van der Waals surface area contributed by atoms with Gasteiger partial charge in [-0.3, -0.25) is 9.48 Å². The van der Waals surface area contributed by atoms with Gasteiger partial charge in [0.2, 0.25) is 17.7 Å². The van der Waals surface area contributed by atoms with Crippen molar-refractivity contribution < 1.29 is 17.9 Å². The minimum atomic E-state index is -3.98. The summed E-state index contributed by atoms with van der Waals surface area (Å²) in [5.41, 5.74) is 3.28. The molecule has 1 unspecified atom stereocenters. The second kappa shape index (κ2) is 9.71. The molecule has 0 aliphatic carbocycles. The summed E-state index contributed by atoms with van der Waals surface area (Å²) in [4.78, 5) is 22.4. The van der Waals surface area contributed by atoms with Crippen molar-refractivity contribution in [3.8, 4) is 23.2 Å². The Morgan fingerprint density at radius 2 is 2.03 bits per heavy atom. The fourth-order valence-electron chi connectivity index (χ4n) is 4.00. The van der Waals surface area contributed by atoms with E-state index in [2.05, 4.69) is 19.8 Å². The maximum Gasteiger partial charge on any atom is 0.267 e. The summed E-state index contributed by atoms with van der Waals surface area (Å²) in [5.74, 6) is -0.206. The van der Waals surface area contributed by atoms with E-state index in [9.17, 15) is 13.2 Å². The number of amides is 1. The van der Waals surface area contributed by atoms with Crippen LogP contribution >= 0.6 is 0 Å². The van der Waals surface area contributed by atoms with Gasteiger partial charge in [0.25, 0.3) is 10.0 Å². The number of sulfonamides is 1. The molecule has 1 aromatic carbocycles. The molecule has 1 aliphatic heterocycles. The number of hydrogen-bond acceptors (Lipinski definition) is 8. The van der Waals surface area contributed by atoms with Crippen molar-refractivity contribution in [1.82, 2.24) is 24.6 Å². The molecular formula is C23H25N7O4S. The Bertz CT molecular complexity index is 1390. The van der Waals surface area contributed by atoms with Crippen LogP contribution in [0.25, 0.3) is 11.3 Å². The molecule has 0 bridgehead atoms. The van der Waals surface area contributed by atoms with E-state index in [4.69, 9.17) is 10.00 Å². The topological polar surface area (TPSA) is 143 Å². The van der Waals surface area contributed by atoms with Crippen LogP contribution in [0.1, 0.15) is 24.0 Å². The first-order valence-corrected chi connectivity index (χ1v) is 12.4. The Labute approximate surface area is 203 Å². The van der Waals surface area contributed by atoms with E-state index in [0.717, 1.165) is 16.7 Å². The number of nitrogens with one attached hydrogen (secondary N) is 1. The molecule has 1 amide bonds. The molecule has 11 nitrogen and oxygen atoms in total. The van der Waals surface area contributed by atoms with Gasteiger partial charge >= 0.3 is 0 Å². The van der Waals surface area contributed by atoms with Crippen molar-refractivity contribution in [2.45, 2.75) is 37.7 Å². The summed E-state index contributed by atoms with van der Waals surface area (Å²) >= 11 is 0. The predicted octanol–water partition coefficient (Wildman–Crippen LogP) is 2.19. The molecule has 35 heavy (non-hydrogen) atoms. The van der Waals surface area contributed by atoms with Crippen LogP contribution in [0, 0.1) is 25.2 Å². The molecule has 2 aromatic heterocycles. The fourth-order valence-corrected chi connectivity index (χ4v) is 4.92. The van der Waals surface area contributed by atoms with E-state index in [0.29, 0.717) is 25.2 Å². The maximum atomic E-state index is 12.9. The van der Waals surface area contributed by atoms with E-state index in [1.165, 1.54) is 17.1 Å². The Balaban J connectivity index is 1.67. The van der Waals surface area contributed by atoms with Gasteiger partial charge in [0.15, 0.2) is 0 Å². The molecule has 0 radical (unpaired) electrons. The molecule has 1 saturated heterocycles. The number of benzene rings is 1. The molecular weight excluding hydrogens is 470 g/mol. The third-order valence-corrected chi connectivity index (χ3v) is 6.96. The molecule has 12 heteroatoms. The number of anilines is 1. The number of carbonyl (C=O) groups is 1. The van der Waals surface area contributed by atoms with Crippen molar-refractivity contribution in [2.75, 3.05) is 17.8 Å². The number of likely N-dealkylation sites (tertiary alicyclic amines) is 1. The van der Waals surface area contributed by atoms with Crippen LogP contribution in [0.3, 0.4) is 0 Å². The van der Waals surface area contributed by atoms with Gasteiger partial charge in [-0.2, -0.15) is 15.3 Å². The van der Waals surface area contributed by atoms with E-state index in [1.54, 1.807) is 18.0 Å². The van der Waals surface area contributed by atoms with Crippen LogP contribution in [-0.2, 0) is 21.9 Å². The van der Waals surface area contributed by atoms with E-state index >= 15 is 0 Å². The van der Waals surface area contributed by atoms with Crippen LogP contribution in [0.15, 0.2) is 41.6 Å². The minimum absolute atomic E-state index is 0.0222. The lowest BCUT2D eigenvalue weighted by molar-refractivity contribution is -0.129. The van der Waals surface area contributed by atoms with Crippen molar-refractivity contribution in [1.29, 1.82) is 5.26 Å². The third kappa shape index (κ3) is 5.41. The molecule has 1 N–H and O–H groups in total. The Hall–Kier alpha value is -3.98. The molecule has 4 rings (SSSR count). The molecule has 0 saturated carbocycles. The van der Waals surface area contributed by atoms with E-state index < -0.39 is 10.0 Å². The fraction of sp³-hybridized carbons (Fsp3) is 0.348. The molecule has 0 spiro atoms. The normalized spacial score (nSPS) is 15.6. The molecule has 1 aliphatic rings. The SMILES string of the molecule is Cc1cccc(C)c1-c1cc(OC2CCN(C(=O)CC#N)C2)nc(NS(=O)(=O)c2cnn(C)c2)n1. The van der Waals surface area contributed by atoms with Gasteiger partial charge in [-0.15, -0.1) is 0 Å². The number of carbonyl (C=O) groups excluding carboxylic acids is 1. The summed E-state index contributed by atoms with van der Waals surface area (Å²) in [7, 11) is -2.36. The second-order valence-electron chi connectivity index (χ2n) is 8.34. The van der Waals surface area contributed by atoms with Crippen LogP contribution in [0.5, 0.6) is 5.88 Å². The third-order valence-electron chi connectivity index (χ3n) is 5.67. The number of aromatic nitrogens is 4. The lowest BCUT2D eigenvalue weighted by atomic mass is 10.00. The maximum absolute atomic E-state index is 12.9. The Kier molecular flexibility index (Phi) is 6.70. The van der Waals surface area contributed by atoms with Gasteiger partial charge in [0.05, 0.1) is 24.5 Å². The minimum Gasteiger partial charge on any atom is -0.472 e. The van der Waals surface area contributed by atoms with E-state index in [-0.39, 0.29) is 35.2 Å². The lowest BCUT2D eigenvalue weighted by Crippen LogP contribution is -2.30. The summed E-state index contributed by atoms with van der Waals surface area (Å²) in [6.07, 6.45) is 2.65. The number of nitriles is 1. The number of ether oxygens (including phenoxy) is 1. The second-order valence-corrected chi connectivity index (χ2v) is 10.0. The zero-order chi connectivity index (χ0) is 25.2. The summed E-state index contributed by atoms with van der Waals surface area (Å²) in [6.45, 7) is 4.68. The standard InChI is InChI=1S/C23H25N7O4S/c1-15-5-4-6-16(2)22(15)19-11-20(34-17-8-10-30(13-17)21(31)7-9-24)27-23(26-19)28-35(32,33)18-12-25-29(3)14-18/h4-6,11-12,14,17H,7-8,10,13H2,1-3H3,(H,26,27,28). The van der Waals surface area contributed by atoms with Crippen LogP contribution < -0.4 is 9.46 Å². The molecule has 182 valence electrons. The smallest absolute Gasteiger partial charge is 0.267 e. The summed E-state index contributed by atoms with van der Waals surface area (Å²) in [5, 5.41) is 12.7. The molecule has 1 fully saturated rings. The van der Waals surface area contributed by atoms with Gasteiger partial charge in [-0.05, 0) is 25.0 Å². The Morgan fingerprint density at radius 1 is 1.29 bits per heavy atom. The van der Waals surface area contributed by atoms with E-state index in [1.807, 2.05) is 38.1 Å². The van der Waals surface area contributed by atoms with Crippen LogP contribution in [0.4, 0.5) is 5.95 Å². The zero-order valence-corrected chi connectivity index (χ0v) is 20.4. The van der Waals surface area contributed by atoms with Crippen LogP contribution in [-0.4, -0.2) is 58.2 Å².